The summed E-state index contributed by atoms with van der Waals surface area (Å²) >= 11 is 0. The maximum Gasteiger partial charge on any atom is 0.00388 e. The molecule has 1 nitrogen and oxygen atoms in total. The van der Waals surface area contributed by atoms with Gasteiger partial charge < -0.3 is 5.73 Å². The average Bonchev–Trinajstić information content (AvgIpc) is 2.92. The second-order valence-electron chi connectivity index (χ2n) is 12.2. The Hall–Kier alpha value is -0.560. The van der Waals surface area contributed by atoms with Crippen molar-refractivity contribution in [3.8, 4) is 0 Å². The van der Waals surface area contributed by atoms with E-state index in [1.165, 1.54) is 193 Å². The molecule has 0 fully saturated rings. The highest BCUT2D eigenvalue weighted by Gasteiger charge is 2.02. The third-order valence-corrected chi connectivity index (χ3v) is 8.17. The van der Waals surface area contributed by atoms with Crippen molar-refractivity contribution >= 4 is 0 Å². The topological polar surface area (TPSA) is 26.0 Å². The Bertz CT molecular complexity index is 423. The molecule has 0 unspecified atom stereocenters. The van der Waals surface area contributed by atoms with Crippen LogP contribution in [0.2, 0.25) is 0 Å². The van der Waals surface area contributed by atoms with Crippen molar-refractivity contribution in [2.24, 2.45) is 5.73 Å². The maximum atomic E-state index is 6.38. The zero-order valence-electron chi connectivity index (χ0n) is 26.7. The van der Waals surface area contributed by atoms with Crippen LogP contribution < -0.4 is 5.73 Å². The summed E-state index contributed by atoms with van der Waals surface area (Å²) in [7, 11) is 0. The van der Waals surface area contributed by atoms with E-state index in [1.807, 2.05) is 0 Å². The van der Waals surface area contributed by atoms with Crippen LogP contribution in [0.4, 0.5) is 0 Å². The summed E-state index contributed by atoms with van der Waals surface area (Å²) in [4.78, 5) is 0. The fourth-order valence-electron chi connectivity index (χ4n) is 5.45. The summed E-state index contributed by atoms with van der Waals surface area (Å²) in [6.45, 7) is 4.58. The first kappa shape index (κ1) is 37.4. The zero-order valence-corrected chi connectivity index (χ0v) is 26.7. The van der Waals surface area contributed by atoms with Gasteiger partial charge in [0.15, 0.2) is 0 Å². The largest absolute Gasteiger partial charge is 0.328 e. The number of rotatable bonds is 32. The predicted molar refractivity (Wildman–Crippen MR) is 176 cm³/mol. The van der Waals surface area contributed by atoms with Gasteiger partial charge in [0.25, 0.3) is 0 Å². The summed E-state index contributed by atoms with van der Waals surface area (Å²) < 4.78 is 0. The lowest BCUT2D eigenvalue weighted by Gasteiger charge is -2.11. The molecule has 0 aliphatic carbocycles. The molecule has 1 heteroatoms. The van der Waals surface area contributed by atoms with Crippen LogP contribution in [0.1, 0.15) is 206 Å². The summed E-state index contributed by atoms with van der Waals surface area (Å²) in [6, 6.07) is 0.448. The molecule has 38 heavy (non-hydrogen) atoms. The van der Waals surface area contributed by atoms with Gasteiger partial charge >= 0.3 is 0 Å². The van der Waals surface area contributed by atoms with E-state index in [0.29, 0.717) is 6.04 Å². The van der Waals surface area contributed by atoms with Crippen LogP contribution in [0.5, 0.6) is 0 Å². The zero-order chi connectivity index (χ0) is 27.6. The quantitative estimate of drug-likeness (QED) is 0.0677. The Morgan fingerprint density at radius 3 is 0.868 bits per heavy atom. The lowest BCUT2D eigenvalue weighted by molar-refractivity contribution is 0.482. The average molecular weight is 532 g/mol. The second-order valence-corrected chi connectivity index (χ2v) is 12.2. The van der Waals surface area contributed by atoms with Crippen LogP contribution in [0.25, 0.3) is 0 Å². The molecule has 0 saturated heterocycles. The van der Waals surface area contributed by atoms with E-state index >= 15 is 0 Å². The first-order valence-electron chi connectivity index (χ1n) is 17.9. The third kappa shape index (κ3) is 33.5. The first-order valence-corrected chi connectivity index (χ1v) is 17.9. The van der Waals surface area contributed by atoms with Crippen molar-refractivity contribution in [1.82, 2.24) is 0 Å². The minimum atomic E-state index is 0.448. The van der Waals surface area contributed by atoms with Gasteiger partial charge in [-0.2, -0.15) is 0 Å². The van der Waals surface area contributed by atoms with Crippen molar-refractivity contribution in [2.45, 2.75) is 213 Å². The molecule has 0 aromatic carbocycles. The monoisotopic (exact) mass is 532 g/mol. The van der Waals surface area contributed by atoms with E-state index in [9.17, 15) is 0 Å². The predicted octanol–water partition coefficient (Wildman–Crippen LogP) is 13.2. The molecular formula is C37H73N. The van der Waals surface area contributed by atoms with Gasteiger partial charge in [-0.1, -0.05) is 167 Å². The second kappa shape index (κ2) is 34.5. The van der Waals surface area contributed by atoms with E-state index in [1.54, 1.807) is 0 Å². The minimum absolute atomic E-state index is 0.448. The van der Waals surface area contributed by atoms with Gasteiger partial charge in [0.2, 0.25) is 0 Å². The lowest BCUT2D eigenvalue weighted by atomic mass is 10.0. The Morgan fingerprint density at radius 2 is 0.579 bits per heavy atom. The van der Waals surface area contributed by atoms with Crippen molar-refractivity contribution in [3.05, 3.63) is 24.3 Å². The van der Waals surface area contributed by atoms with Gasteiger partial charge in [-0.3, -0.25) is 0 Å². The number of hydrogen-bond acceptors (Lipinski definition) is 1. The highest BCUT2D eigenvalue weighted by molar-refractivity contribution is 4.82. The fraction of sp³-hybridized carbons (Fsp3) is 0.892. The highest BCUT2D eigenvalue weighted by Crippen LogP contribution is 2.15. The first-order chi connectivity index (χ1) is 18.8. The molecule has 0 atom stereocenters. The number of nitrogens with two attached hydrogens (primary N) is 1. The van der Waals surface area contributed by atoms with E-state index in [4.69, 9.17) is 5.73 Å². The molecule has 0 saturated carbocycles. The van der Waals surface area contributed by atoms with Crippen molar-refractivity contribution in [3.63, 3.8) is 0 Å². The molecule has 0 amide bonds. The molecule has 0 aromatic rings. The molecule has 0 spiro atoms. The third-order valence-electron chi connectivity index (χ3n) is 8.17. The minimum Gasteiger partial charge on any atom is -0.328 e. The Morgan fingerprint density at radius 1 is 0.342 bits per heavy atom. The van der Waals surface area contributed by atoms with Crippen LogP contribution in [0.3, 0.4) is 0 Å². The molecule has 2 N–H and O–H groups in total. The molecule has 0 heterocycles. The van der Waals surface area contributed by atoms with Crippen LogP contribution in [0.15, 0.2) is 24.3 Å². The van der Waals surface area contributed by atoms with Gasteiger partial charge in [0.1, 0.15) is 0 Å². The molecule has 0 radical (unpaired) electrons. The van der Waals surface area contributed by atoms with E-state index < -0.39 is 0 Å². The van der Waals surface area contributed by atoms with Gasteiger partial charge in [-0.05, 0) is 64.2 Å². The van der Waals surface area contributed by atoms with E-state index in [-0.39, 0.29) is 0 Å². The van der Waals surface area contributed by atoms with Crippen LogP contribution >= 0.6 is 0 Å². The SMILES string of the molecule is CCCCCCCC/C=C\CCCCCCCCC(N)CCCCCCCC/C=C\CCCCCCCC. The summed E-state index contributed by atoms with van der Waals surface area (Å²) in [5.74, 6) is 0. The van der Waals surface area contributed by atoms with Crippen molar-refractivity contribution in [1.29, 1.82) is 0 Å². The number of hydrogen-bond donors (Lipinski definition) is 1. The molecular weight excluding hydrogens is 458 g/mol. The smallest absolute Gasteiger partial charge is 0.00388 e. The normalized spacial score (nSPS) is 12.1. The number of allylic oxidation sites excluding steroid dienone is 4. The van der Waals surface area contributed by atoms with E-state index in [0.717, 1.165) is 0 Å². The summed E-state index contributed by atoms with van der Waals surface area (Å²) in [6.07, 6.45) is 50.9. The maximum absolute atomic E-state index is 6.38. The molecule has 0 aromatic heterocycles. The van der Waals surface area contributed by atoms with Gasteiger partial charge in [0, 0.05) is 6.04 Å². The van der Waals surface area contributed by atoms with Gasteiger partial charge in [-0.15, -0.1) is 0 Å². The lowest BCUT2D eigenvalue weighted by Crippen LogP contribution is -2.19. The highest BCUT2D eigenvalue weighted by atomic mass is 14.6. The van der Waals surface area contributed by atoms with Crippen LogP contribution in [0, 0.1) is 0 Å². The van der Waals surface area contributed by atoms with Crippen LogP contribution in [-0.2, 0) is 0 Å². The van der Waals surface area contributed by atoms with E-state index in [2.05, 4.69) is 38.2 Å². The Balaban J connectivity index is 3.22. The van der Waals surface area contributed by atoms with Crippen molar-refractivity contribution < 1.29 is 0 Å². The molecule has 226 valence electrons. The summed E-state index contributed by atoms with van der Waals surface area (Å²) in [5, 5.41) is 0. The molecule has 0 aliphatic heterocycles. The Kier molecular flexibility index (Phi) is 34.0. The Labute approximate surface area is 242 Å². The van der Waals surface area contributed by atoms with Gasteiger partial charge in [0.05, 0.1) is 0 Å². The summed E-state index contributed by atoms with van der Waals surface area (Å²) in [5.41, 5.74) is 6.38. The van der Waals surface area contributed by atoms with Crippen LogP contribution in [-0.4, -0.2) is 6.04 Å². The number of unbranched alkanes of at least 4 members (excludes halogenated alkanes) is 24. The van der Waals surface area contributed by atoms with Crippen molar-refractivity contribution in [2.75, 3.05) is 0 Å². The molecule has 0 bridgehead atoms. The fourth-order valence-corrected chi connectivity index (χ4v) is 5.45. The molecule has 0 rings (SSSR count). The molecule has 0 aliphatic rings. The van der Waals surface area contributed by atoms with Gasteiger partial charge in [-0.25, -0.2) is 0 Å². The standard InChI is InChI=1S/C37H73N/c1-3-5-7-9-11-13-15-17-19-21-23-25-27-29-31-33-35-37(38)36-34-32-30-28-26-24-22-20-18-16-14-12-10-8-6-4-2/h17-20,37H,3-16,21-36,38H2,1-2H3/b19-17-,20-18-.